The van der Waals surface area contributed by atoms with Crippen molar-refractivity contribution in [2.24, 2.45) is 0 Å². The molecule has 0 saturated heterocycles. The first-order valence-corrected chi connectivity index (χ1v) is 9.24. The monoisotopic (exact) mass is 376 g/mol. The first kappa shape index (κ1) is 19.4. The van der Waals surface area contributed by atoms with E-state index in [9.17, 15) is 9.59 Å². The SMILES string of the molecule is COc1ccc2cc(CNC(=O)CCNC(=O)c3ccccc3C)ccc2c1. The predicted octanol–water partition coefficient (Wildman–Crippen LogP) is 3.59. The van der Waals surface area contributed by atoms with Crippen LogP contribution < -0.4 is 15.4 Å². The molecule has 28 heavy (non-hydrogen) atoms. The van der Waals surface area contributed by atoms with E-state index < -0.39 is 0 Å². The smallest absolute Gasteiger partial charge is 0.251 e. The molecule has 0 aliphatic rings. The standard InChI is InChI=1S/C23H24N2O3/c1-16-5-3-4-6-21(16)23(27)24-12-11-22(26)25-15-17-7-8-19-14-20(28-2)10-9-18(19)13-17/h3-10,13-14H,11-12,15H2,1-2H3,(H,24,27)(H,25,26). The minimum atomic E-state index is -0.157. The van der Waals surface area contributed by atoms with E-state index in [2.05, 4.69) is 16.7 Å². The molecule has 0 heterocycles. The van der Waals surface area contributed by atoms with Crippen LogP contribution >= 0.6 is 0 Å². The van der Waals surface area contributed by atoms with E-state index in [1.54, 1.807) is 13.2 Å². The first-order chi connectivity index (χ1) is 13.6. The molecule has 144 valence electrons. The molecule has 2 amide bonds. The minimum Gasteiger partial charge on any atom is -0.497 e. The van der Waals surface area contributed by atoms with Gasteiger partial charge in [-0.05, 0) is 53.1 Å². The molecule has 0 unspecified atom stereocenters. The molecular formula is C23H24N2O3. The summed E-state index contributed by atoms with van der Waals surface area (Å²) in [5.41, 5.74) is 2.57. The summed E-state index contributed by atoms with van der Waals surface area (Å²) in [4.78, 5) is 24.2. The van der Waals surface area contributed by atoms with Gasteiger partial charge in [0.2, 0.25) is 5.91 Å². The average molecular weight is 376 g/mol. The maximum atomic E-state index is 12.1. The number of aryl methyl sites for hydroxylation is 1. The van der Waals surface area contributed by atoms with Crippen molar-refractivity contribution in [3.63, 3.8) is 0 Å². The van der Waals surface area contributed by atoms with Gasteiger partial charge < -0.3 is 15.4 Å². The molecule has 0 spiro atoms. The summed E-state index contributed by atoms with van der Waals surface area (Å²) < 4.78 is 5.23. The molecule has 5 heteroatoms. The van der Waals surface area contributed by atoms with Crippen LogP contribution in [0.15, 0.2) is 60.7 Å². The minimum absolute atomic E-state index is 0.0973. The third-order valence-corrected chi connectivity index (χ3v) is 4.63. The van der Waals surface area contributed by atoms with Gasteiger partial charge in [0.25, 0.3) is 5.91 Å². The molecule has 3 aromatic rings. The fourth-order valence-electron chi connectivity index (χ4n) is 3.01. The lowest BCUT2D eigenvalue weighted by Gasteiger charge is -2.09. The molecule has 2 N–H and O–H groups in total. The summed E-state index contributed by atoms with van der Waals surface area (Å²) in [6.45, 7) is 2.64. The van der Waals surface area contributed by atoms with E-state index in [0.29, 0.717) is 18.7 Å². The molecule has 0 atom stereocenters. The number of fused-ring (bicyclic) bond motifs is 1. The van der Waals surface area contributed by atoms with Gasteiger partial charge in [-0.25, -0.2) is 0 Å². The van der Waals surface area contributed by atoms with Crippen molar-refractivity contribution in [2.45, 2.75) is 19.9 Å². The van der Waals surface area contributed by atoms with Crippen LogP contribution in [0.3, 0.4) is 0 Å². The van der Waals surface area contributed by atoms with Crippen molar-refractivity contribution >= 4 is 22.6 Å². The van der Waals surface area contributed by atoms with E-state index in [1.165, 1.54) is 0 Å². The summed E-state index contributed by atoms with van der Waals surface area (Å²) in [5, 5.41) is 7.87. The number of ether oxygens (including phenoxy) is 1. The molecule has 0 fully saturated rings. The molecule has 0 aliphatic carbocycles. The number of hydrogen-bond acceptors (Lipinski definition) is 3. The Kier molecular flexibility index (Phi) is 6.27. The summed E-state index contributed by atoms with van der Waals surface area (Å²) >= 11 is 0. The van der Waals surface area contributed by atoms with Gasteiger partial charge in [-0.15, -0.1) is 0 Å². The zero-order valence-electron chi connectivity index (χ0n) is 16.1. The predicted molar refractivity (Wildman–Crippen MR) is 110 cm³/mol. The highest BCUT2D eigenvalue weighted by molar-refractivity contribution is 5.95. The van der Waals surface area contributed by atoms with E-state index in [0.717, 1.165) is 27.6 Å². The highest BCUT2D eigenvalue weighted by Crippen LogP contribution is 2.21. The second-order valence-electron chi connectivity index (χ2n) is 6.64. The zero-order valence-corrected chi connectivity index (χ0v) is 16.1. The van der Waals surface area contributed by atoms with Gasteiger partial charge in [-0.1, -0.05) is 36.4 Å². The maximum Gasteiger partial charge on any atom is 0.251 e. The Labute approximate surface area is 164 Å². The molecular weight excluding hydrogens is 352 g/mol. The van der Waals surface area contributed by atoms with Crippen LogP contribution in [0.1, 0.15) is 27.9 Å². The first-order valence-electron chi connectivity index (χ1n) is 9.24. The molecule has 0 aliphatic heterocycles. The van der Waals surface area contributed by atoms with Crippen molar-refractivity contribution in [1.82, 2.24) is 10.6 Å². The molecule has 0 radical (unpaired) electrons. The Balaban J connectivity index is 1.47. The molecule has 5 nitrogen and oxygen atoms in total. The Morgan fingerprint density at radius 2 is 1.68 bits per heavy atom. The molecule has 0 saturated carbocycles. The van der Waals surface area contributed by atoms with Crippen LogP contribution in [-0.2, 0) is 11.3 Å². The van der Waals surface area contributed by atoms with E-state index in [1.807, 2.05) is 55.5 Å². The van der Waals surface area contributed by atoms with Gasteiger partial charge in [0.15, 0.2) is 0 Å². The van der Waals surface area contributed by atoms with Crippen LogP contribution in [0.25, 0.3) is 10.8 Å². The number of amides is 2. The third-order valence-electron chi connectivity index (χ3n) is 4.63. The number of carbonyl (C=O) groups is 2. The lowest BCUT2D eigenvalue weighted by Crippen LogP contribution is -2.30. The van der Waals surface area contributed by atoms with Gasteiger partial charge >= 0.3 is 0 Å². The van der Waals surface area contributed by atoms with Crippen molar-refractivity contribution < 1.29 is 14.3 Å². The normalized spacial score (nSPS) is 10.5. The van der Waals surface area contributed by atoms with Crippen LogP contribution in [0.5, 0.6) is 5.75 Å². The lowest BCUT2D eigenvalue weighted by molar-refractivity contribution is -0.121. The zero-order chi connectivity index (χ0) is 19.9. The third kappa shape index (κ3) is 4.88. The summed E-state index contributed by atoms with van der Waals surface area (Å²) in [6, 6.07) is 19.3. The van der Waals surface area contributed by atoms with Crippen molar-refractivity contribution in [1.29, 1.82) is 0 Å². The van der Waals surface area contributed by atoms with E-state index in [4.69, 9.17) is 4.74 Å². The average Bonchev–Trinajstić information content (AvgIpc) is 2.72. The van der Waals surface area contributed by atoms with Crippen LogP contribution in [0, 0.1) is 6.92 Å². The number of nitrogens with one attached hydrogen (secondary N) is 2. The highest BCUT2D eigenvalue weighted by Gasteiger charge is 2.09. The number of rotatable bonds is 7. The Morgan fingerprint density at radius 1 is 0.929 bits per heavy atom. The second-order valence-corrected chi connectivity index (χ2v) is 6.64. The van der Waals surface area contributed by atoms with Crippen LogP contribution in [-0.4, -0.2) is 25.5 Å². The summed E-state index contributed by atoms with van der Waals surface area (Å²) in [5.74, 6) is 0.567. The number of hydrogen-bond donors (Lipinski definition) is 2. The Morgan fingerprint density at radius 3 is 2.46 bits per heavy atom. The molecule has 3 aromatic carbocycles. The van der Waals surface area contributed by atoms with E-state index in [-0.39, 0.29) is 18.2 Å². The maximum absolute atomic E-state index is 12.1. The van der Waals surface area contributed by atoms with Gasteiger partial charge in [0, 0.05) is 25.1 Å². The number of benzene rings is 3. The van der Waals surface area contributed by atoms with Crippen molar-refractivity contribution in [2.75, 3.05) is 13.7 Å². The van der Waals surface area contributed by atoms with Crippen LogP contribution in [0.4, 0.5) is 0 Å². The fourth-order valence-corrected chi connectivity index (χ4v) is 3.01. The van der Waals surface area contributed by atoms with Gasteiger partial charge in [0.05, 0.1) is 7.11 Å². The van der Waals surface area contributed by atoms with Gasteiger partial charge in [0.1, 0.15) is 5.75 Å². The summed E-state index contributed by atoms with van der Waals surface area (Å²) in [6.07, 6.45) is 0.238. The van der Waals surface area contributed by atoms with Crippen LogP contribution in [0.2, 0.25) is 0 Å². The van der Waals surface area contributed by atoms with Crippen molar-refractivity contribution in [3.05, 3.63) is 77.4 Å². The number of methoxy groups -OCH3 is 1. The fraction of sp³-hybridized carbons (Fsp3) is 0.217. The highest BCUT2D eigenvalue weighted by atomic mass is 16.5. The largest absolute Gasteiger partial charge is 0.497 e. The van der Waals surface area contributed by atoms with Gasteiger partial charge in [-0.3, -0.25) is 9.59 Å². The lowest BCUT2D eigenvalue weighted by atomic mass is 10.1. The topological polar surface area (TPSA) is 67.4 Å². The van der Waals surface area contributed by atoms with E-state index >= 15 is 0 Å². The van der Waals surface area contributed by atoms with Crippen molar-refractivity contribution in [3.8, 4) is 5.75 Å². The van der Waals surface area contributed by atoms with Gasteiger partial charge in [-0.2, -0.15) is 0 Å². The Hall–Kier alpha value is -3.34. The molecule has 0 aromatic heterocycles. The Bertz CT molecular complexity index is 998. The molecule has 3 rings (SSSR count). The second kappa shape index (κ2) is 9.04. The molecule has 0 bridgehead atoms. The summed E-state index contributed by atoms with van der Waals surface area (Å²) in [7, 11) is 1.65. The quantitative estimate of drug-likeness (QED) is 0.662. The number of carbonyl (C=O) groups excluding carboxylic acids is 2.